The Hall–Kier alpha value is -1.87. The molecule has 1 atom stereocenters. The molecule has 1 aromatic heterocycles. The van der Waals surface area contributed by atoms with Crippen molar-refractivity contribution in [3.05, 3.63) is 59.4 Å². The number of benzene rings is 1. The second kappa shape index (κ2) is 6.93. The van der Waals surface area contributed by atoms with Crippen LogP contribution in [-0.4, -0.2) is 27.6 Å². The van der Waals surface area contributed by atoms with E-state index in [9.17, 15) is 5.11 Å². The number of aryl methyl sites for hydroxylation is 1. The Bertz CT molecular complexity index is 612. The van der Waals surface area contributed by atoms with Gasteiger partial charge in [-0.1, -0.05) is 25.1 Å². The molecular formula is C19H24N2O. The van der Waals surface area contributed by atoms with E-state index in [2.05, 4.69) is 28.9 Å². The van der Waals surface area contributed by atoms with Crippen molar-refractivity contribution in [2.24, 2.45) is 0 Å². The third-order valence-corrected chi connectivity index (χ3v) is 4.57. The van der Waals surface area contributed by atoms with Gasteiger partial charge < -0.3 is 5.11 Å². The molecule has 0 saturated carbocycles. The maximum Gasteiger partial charge on any atom is 0.119 e. The standard InChI is InChI=1S/C19H24N2O/c1-2-11-21(14-15-5-4-10-20-13-15)17-9-8-16-6-3-7-19(22)18(16)12-17/h3-7,10,13,17,22H,2,8-9,11-12,14H2,1H3. The molecular weight excluding hydrogens is 272 g/mol. The fourth-order valence-corrected chi connectivity index (χ4v) is 3.47. The predicted molar refractivity (Wildman–Crippen MR) is 88.9 cm³/mol. The lowest BCUT2D eigenvalue weighted by Crippen LogP contribution is -2.39. The van der Waals surface area contributed by atoms with Crippen LogP contribution >= 0.6 is 0 Å². The van der Waals surface area contributed by atoms with Crippen molar-refractivity contribution in [1.82, 2.24) is 9.88 Å². The van der Waals surface area contributed by atoms with Gasteiger partial charge in [0.2, 0.25) is 0 Å². The van der Waals surface area contributed by atoms with E-state index in [-0.39, 0.29) is 0 Å². The molecule has 0 aliphatic heterocycles. The fourth-order valence-electron chi connectivity index (χ4n) is 3.47. The van der Waals surface area contributed by atoms with Crippen LogP contribution in [0.2, 0.25) is 0 Å². The Morgan fingerprint density at radius 2 is 2.18 bits per heavy atom. The molecule has 0 saturated heterocycles. The maximum absolute atomic E-state index is 10.1. The van der Waals surface area contributed by atoms with Crippen LogP contribution in [0.15, 0.2) is 42.7 Å². The summed E-state index contributed by atoms with van der Waals surface area (Å²) in [6.07, 6.45) is 8.09. The van der Waals surface area contributed by atoms with E-state index >= 15 is 0 Å². The Balaban J connectivity index is 1.77. The molecule has 1 unspecified atom stereocenters. The zero-order chi connectivity index (χ0) is 15.4. The maximum atomic E-state index is 10.1. The summed E-state index contributed by atoms with van der Waals surface area (Å²) in [7, 11) is 0. The highest BCUT2D eigenvalue weighted by molar-refractivity contribution is 5.41. The number of aromatic nitrogens is 1. The van der Waals surface area contributed by atoms with Crippen LogP contribution in [0.3, 0.4) is 0 Å². The average Bonchev–Trinajstić information content (AvgIpc) is 2.56. The van der Waals surface area contributed by atoms with E-state index in [1.807, 2.05) is 30.6 Å². The fraction of sp³-hybridized carbons (Fsp3) is 0.421. The monoisotopic (exact) mass is 296 g/mol. The first-order chi connectivity index (χ1) is 10.8. The zero-order valence-corrected chi connectivity index (χ0v) is 13.2. The molecule has 3 heteroatoms. The lowest BCUT2D eigenvalue weighted by atomic mass is 9.86. The molecule has 1 heterocycles. The van der Waals surface area contributed by atoms with Gasteiger partial charge in [-0.3, -0.25) is 9.88 Å². The van der Waals surface area contributed by atoms with Gasteiger partial charge in [-0.05, 0) is 61.1 Å². The molecule has 3 nitrogen and oxygen atoms in total. The summed E-state index contributed by atoms with van der Waals surface area (Å²) in [4.78, 5) is 6.77. The second-order valence-electron chi connectivity index (χ2n) is 6.14. The van der Waals surface area contributed by atoms with Gasteiger partial charge >= 0.3 is 0 Å². The summed E-state index contributed by atoms with van der Waals surface area (Å²) in [6.45, 7) is 4.25. The highest BCUT2D eigenvalue weighted by Gasteiger charge is 2.25. The molecule has 0 amide bonds. The van der Waals surface area contributed by atoms with Crippen LogP contribution in [0.25, 0.3) is 0 Å². The number of aromatic hydroxyl groups is 1. The smallest absolute Gasteiger partial charge is 0.119 e. The van der Waals surface area contributed by atoms with Crippen LogP contribution in [0.1, 0.15) is 36.5 Å². The normalized spacial score (nSPS) is 17.5. The minimum atomic E-state index is 0.458. The number of rotatable bonds is 5. The summed E-state index contributed by atoms with van der Waals surface area (Å²) >= 11 is 0. The summed E-state index contributed by atoms with van der Waals surface area (Å²) < 4.78 is 0. The molecule has 22 heavy (non-hydrogen) atoms. The highest BCUT2D eigenvalue weighted by Crippen LogP contribution is 2.31. The number of hydrogen-bond donors (Lipinski definition) is 1. The molecule has 2 aromatic rings. The quantitative estimate of drug-likeness (QED) is 0.916. The Labute approximate surface area is 132 Å². The minimum Gasteiger partial charge on any atom is -0.508 e. The number of hydrogen-bond acceptors (Lipinski definition) is 3. The number of nitrogens with zero attached hydrogens (tertiary/aromatic N) is 2. The van der Waals surface area contributed by atoms with Gasteiger partial charge in [-0.15, -0.1) is 0 Å². The number of phenols is 1. The first-order valence-corrected chi connectivity index (χ1v) is 8.20. The van der Waals surface area contributed by atoms with Crippen LogP contribution in [0.4, 0.5) is 0 Å². The topological polar surface area (TPSA) is 36.4 Å². The minimum absolute atomic E-state index is 0.458. The van der Waals surface area contributed by atoms with Crippen LogP contribution < -0.4 is 0 Å². The van der Waals surface area contributed by atoms with Crippen molar-refractivity contribution in [2.75, 3.05) is 6.54 Å². The van der Waals surface area contributed by atoms with Gasteiger partial charge in [0.15, 0.2) is 0 Å². The summed E-state index contributed by atoms with van der Waals surface area (Å²) in [5.74, 6) is 0.458. The average molecular weight is 296 g/mol. The van der Waals surface area contributed by atoms with E-state index < -0.39 is 0 Å². The van der Waals surface area contributed by atoms with Gasteiger partial charge in [0.25, 0.3) is 0 Å². The first-order valence-electron chi connectivity index (χ1n) is 8.20. The van der Waals surface area contributed by atoms with Gasteiger partial charge in [-0.25, -0.2) is 0 Å². The molecule has 1 aliphatic carbocycles. The third-order valence-electron chi connectivity index (χ3n) is 4.57. The van der Waals surface area contributed by atoms with Gasteiger partial charge in [0.1, 0.15) is 5.75 Å². The lowest BCUT2D eigenvalue weighted by molar-refractivity contribution is 0.170. The van der Waals surface area contributed by atoms with Crippen molar-refractivity contribution in [1.29, 1.82) is 0 Å². The van der Waals surface area contributed by atoms with Crippen molar-refractivity contribution in [3.8, 4) is 5.75 Å². The summed E-state index contributed by atoms with van der Waals surface area (Å²) in [5, 5.41) is 10.1. The van der Waals surface area contributed by atoms with Crippen molar-refractivity contribution in [3.63, 3.8) is 0 Å². The lowest BCUT2D eigenvalue weighted by Gasteiger charge is -2.35. The largest absolute Gasteiger partial charge is 0.508 e. The molecule has 0 radical (unpaired) electrons. The first kappa shape index (κ1) is 15.0. The number of pyridine rings is 1. The molecule has 0 bridgehead atoms. The third kappa shape index (κ3) is 3.30. The molecule has 0 spiro atoms. The SMILES string of the molecule is CCCN(Cc1cccnc1)C1CCc2cccc(O)c2C1. The molecule has 1 N–H and O–H groups in total. The van der Waals surface area contributed by atoms with Gasteiger partial charge in [0, 0.05) is 25.0 Å². The van der Waals surface area contributed by atoms with Crippen LogP contribution in [-0.2, 0) is 19.4 Å². The Morgan fingerprint density at radius 1 is 1.27 bits per heavy atom. The molecule has 116 valence electrons. The Kier molecular flexibility index (Phi) is 4.74. The van der Waals surface area contributed by atoms with Crippen LogP contribution in [0.5, 0.6) is 5.75 Å². The van der Waals surface area contributed by atoms with E-state index in [1.54, 1.807) is 0 Å². The Morgan fingerprint density at radius 3 is 2.95 bits per heavy atom. The second-order valence-corrected chi connectivity index (χ2v) is 6.14. The number of fused-ring (bicyclic) bond motifs is 1. The van der Waals surface area contributed by atoms with Crippen molar-refractivity contribution < 1.29 is 5.11 Å². The number of phenolic OH excluding ortho intramolecular Hbond substituents is 1. The van der Waals surface area contributed by atoms with Gasteiger partial charge in [-0.2, -0.15) is 0 Å². The summed E-state index contributed by atoms with van der Waals surface area (Å²) in [6, 6.07) is 10.6. The molecule has 3 rings (SSSR count). The van der Waals surface area contributed by atoms with E-state index in [0.29, 0.717) is 11.8 Å². The molecule has 1 aliphatic rings. The van der Waals surface area contributed by atoms with Crippen molar-refractivity contribution in [2.45, 2.75) is 45.2 Å². The van der Waals surface area contributed by atoms with E-state index in [1.165, 1.54) is 11.1 Å². The summed E-state index contributed by atoms with van der Waals surface area (Å²) in [5.41, 5.74) is 3.72. The van der Waals surface area contributed by atoms with Crippen LogP contribution in [0, 0.1) is 0 Å². The van der Waals surface area contributed by atoms with Crippen molar-refractivity contribution >= 4 is 0 Å². The predicted octanol–water partition coefficient (Wildman–Crippen LogP) is 3.56. The zero-order valence-electron chi connectivity index (χ0n) is 13.2. The van der Waals surface area contributed by atoms with E-state index in [4.69, 9.17) is 0 Å². The molecule has 0 fully saturated rings. The van der Waals surface area contributed by atoms with E-state index in [0.717, 1.165) is 44.3 Å². The van der Waals surface area contributed by atoms with Gasteiger partial charge in [0.05, 0.1) is 0 Å². The molecule has 1 aromatic carbocycles. The highest BCUT2D eigenvalue weighted by atomic mass is 16.3.